The molecule has 3 rings (SSSR count). The zero-order chi connectivity index (χ0) is 17.1. The molecule has 0 amide bonds. The zero-order valence-electron chi connectivity index (χ0n) is 14.5. The molecule has 4 heteroatoms. The Morgan fingerprint density at radius 3 is 2.46 bits per heavy atom. The Balaban J connectivity index is 2.27. The molecule has 0 bridgehead atoms. The average Bonchev–Trinajstić information content (AvgIpc) is 2.62. The van der Waals surface area contributed by atoms with Crippen molar-refractivity contribution in [3.8, 4) is 5.69 Å². The van der Waals surface area contributed by atoms with Crippen LogP contribution in [0.2, 0.25) is 0 Å². The van der Waals surface area contributed by atoms with Crippen molar-refractivity contribution in [2.45, 2.75) is 33.2 Å². The van der Waals surface area contributed by atoms with Crippen LogP contribution in [0.15, 0.2) is 53.3 Å². The Morgan fingerprint density at radius 1 is 1.08 bits per heavy atom. The summed E-state index contributed by atoms with van der Waals surface area (Å²) in [7, 11) is 0. The van der Waals surface area contributed by atoms with Gasteiger partial charge in [-0.25, -0.2) is 4.98 Å². The van der Waals surface area contributed by atoms with Crippen molar-refractivity contribution >= 4 is 10.9 Å². The van der Waals surface area contributed by atoms with Gasteiger partial charge in [-0.05, 0) is 50.1 Å². The molecular weight excluding hydrogens is 298 g/mol. The Bertz CT molecular complexity index is 897. The lowest BCUT2D eigenvalue weighted by Crippen LogP contribution is -2.84. The lowest BCUT2D eigenvalue weighted by atomic mass is 10.1. The first kappa shape index (κ1) is 16.4. The van der Waals surface area contributed by atoms with Gasteiger partial charge in [0.1, 0.15) is 6.04 Å². The molecule has 0 unspecified atom stereocenters. The van der Waals surface area contributed by atoms with E-state index in [0.717, 1.165) is 30.0 Å². The Labute approximate surface area is 142 Å². The van der Waals surface area contributed by atoms with Crippen molar-refractivity contribution in [3.63, 3.8) is 0 Å². The fourth-order valence-corrected chi connectivity index (χ4v) is 3.04. The molecule has 0 radical (unpaired) electrons. The van der Waals surface area contributed by atoms with E-state index in [9.17, 15) is 4.79 Å². The molecule has 2 aromatic carbocycles. The molecule has 24 heavy (non-hydrogen) atoms. The van der Waals surface area contributed by atoms with Gasteiger partial charge in [-0.2, -0.15) is 0 Å². The van der Waals surface area contributed by atoms with Crippen molar-refractivity contribution in [3.05, 3.63) is 70.3 Å². The second-order valence-corrected chi connectivity index (χ2v) is 6.08. The molecule has 0 saturated carbocycles. The lowest BCUT2D eigenvalue weighted by molar-refractivity contribution is -0.691. The minimum atomic E-state index is -0.00352. The monoisotopic (exact) mass is 322 g/mol. The molecule has 0 aliphatic carbocycles. The highest BCUT2D eigenvalue weighted by Gasteiger charge is 2.19. The van der Waals surface area contributed by atoms with Crippen molar-refractivity contribution in [2.24, 2.45) is 0 Å². The van der Waals surface area contributed by atoms with Crippen LogP contribution < -0.4 is 10.9 Å². The predicted octanol–water partition coefficient (Wildman–Crippen LogP) is 2.59. The first-order valence-electron chi connectivity index (χ1n) is 8.60. The van der Waals surface area contributed by atoms with E-state index in [1.165, 1.54) is 5.56 Å². The number of rotatable bonds is 5. The summed E-state index contributed by atoms with van der Waals surface area (Å²) in [5.74, 6) is 0.796. The summed E-state index contributed by atoms with van der Waals surface area (Å²) in [6, 6.07) is 15.9. The summed E-state index contributed by atoms with van der Waals surface area (Å²) < 4.78 is 1.76. The molecule has 1 aromatic heterocycles. The number of quaternary nitrogens is 1. The number of aromatic nitrogens is 2. The zero-order valence-corrected chi connectivity index (χ0v) is 14.5. The van der Waals surface area contributed by atoms with Crippen LogP contribution in [0.4, 0.5) is 0 Å². The topological polar surface area (TPSA) is 51.5 Å². The molecular formula is C20H24N3O+. The Kier molecular flexibility index (Phi) is 4.76. The van der Waals surface area contributed by atoms with Crippen LogP contribution in [0.1, 0.15) is 38.2 Å². The molecule has 0 saturated heterocycles. The standard InChI is InChI=1S/C20H23N3O/c1-4-15-10-12-16(13-11-15)23-19(14(3)21-5-2)22-18-9-7-6-8-17(18)20(23)24/h6-14,21H,4-5H2,1-3H3/p+1/t14-/m0/s1. The molecule has 0 aliphatic rings. The second kappa shape index (κ2) is 6.97. The molecule has 0 fully saturated rings. The van der Waals surface area contributed by atoms with Crippen LogP contribution in [-0.4, -0.2) is 16.1 Å². The van der Waals surface area contributed by atoms with Gasteiger partial charge in [-0.3, -0.25) is 9.36 Å². The molecule has 1 atom stereocenters. The number of para-hydroxylation sites is 1. The largest absolute Gasteiger partial charge is 0.338 e. The van der Waals surface area contributed by atoms with Gasteiger partial charge >= 0.3 is 0 Å². The van der Waals surface area contributed by atoms with Gasteiger partial charge in [0.2, 0.25) is 0 Å². The minimum absolute atomic E-state index is 0.00352. The van der Waals surface area contributed by atoms with Crippen molar-refractivity contribution in [2.75, 3.05) is 6.54 Å². The summed E-state index contributed by atoms with van der Waals surface area (Å²) >= 11 is 0. The molecule has 3 aromatic rings. The van der Waals surface area contributed by atoms with E-state index < -0.39 is 0 Å². The SMILES string of the molecule is CC[NH2+][C@@H](C)c1nc2ccccc2c(=O)n1-c1ccc(CC)cc1. The van der Waals surface area contributed by atoms with E-state index in [1.807, 2.05) is 36.4 Å². The molecule has 124 valence electrons. The third kappa shape index (κ3) is 2.97. The van der Waals surface area contributed by atoms with Crippen LogP contribution in [-0.2, 0) is 6.42 Å². The highest BCUT2D eigenvalue weighted by atomic mass is 16.1. The maximum atomic E-state index is 13.1. The van der Waals surface area contributed by atoms with Gasteiger partial charge in [-0.1, -0.05) is 31.2 Å². The third-order valence-corrected chi connectivity index (χ3v) is 4.40. The number of hydrogen-bond acceptors (Lipinski definition) is 2. The van der Waals surface area contributed by atoms with E-state index >= 15 is 0 Å². The van der Waals surface area contributed by atoms with E-state index in [2.05, 4.69) is 38.2 Å². The van der Waals surface area contributed by atoms with Gasteiger partial charge in [0.05, 0.1) is 23.1 Å². The van der Waals surface area contributed by atoms with Crippen LogP contribution >= 0.6 is 0 Å². The number of hydrogen-bond donors (Lipinski definition) is 1. The Hall–Kier alpha value is -2.46. The number of aryl methyl sites for hydroxylation is 1. The maximum absolute atomic E-state index is 13.1. The molecule has 0 spiro atoms. The first-order valence-corrected chi connectivity index (χ1v) is 8.60. The van der Waals surface area contributed by atoms with Crippen LogP contribution in [0.5, 0.6) is 0 Å². The van der Waals surface area contributed by atoms with Gasteiger partial charge in [0.15, 0.2) is 5.82 Å². The summed E-state index contributed by atoms with van der Waals surface area (Å²) in [6.45, 7) is 7.27. The number of nitrogens with zero attached hydrogens (tertiary/aromatic N) is 2. The van der Waals surface area contributed by atoms with E-state index in [4.69, 9.17) is 4.98 Å². The van der Waals surface area contributed by atoms with Crippen LogP contribution in [0, 0.1) is 0 Å². The fourth-order valence-electron chi connectivity index (χ4n) is 3.04. The summed E-state index contributed by atoms with van der Waals surface area (Å²) in [6.07, 6.45) is 0.984. The number of benzene rings is 2. The van der Waals surface area contributed by atoms with Crippen molar-refractivity contribution in [1.82, 2.24) is 9.55 Å². The molecule has 1 heterocycles. The van der Waals surface area contributed by atoms with Crippen molar-refractivity contribution < 1.29 is 5.32 Å². The van der Waals surface area contributed by atoms with Gasteiger partial charge in [-0.15, -0.1) is 0 Å². The maximum Gasteiger partial charge on any atom is 0.266 e. The Morgan fingerprint density at radius 2 is 1.79 bits per heavy atom. The summed E-state index contributed by atoms with van der Waals surface area (Å²) in [5.41, 5.74) is 2.89. The van der Waals surface area contributed by atoms with Gasteiger partial charge in [0.25, 0.3) is 5.56 Å². The van der Waals surface area contributed by atoms with Crippen LogP contribution in [0.25, 0.3) is 16.6 Å². The lowest BCUT2D eigenvalue weighted by Gasteiger charge is -2.17. The number of nitrogens with two attached hydrogens (primary N) is 1. The smallest absolute Gasteiger partial charge is 0.266 e. The summed E-state index contributed by atoms with van der Waals surface area (Å²) in [5, 5.41) is 2.84. The first-order chi connectivity index (χ1) is 11.7. The highest BCUT2D eigenvalue weighted by molar-refractivity contribution is 5.77. The van der Waals surface area contributed by atoms with Gasteiger partial charge < -0.3 is 5.32 Å². The quantitative estimate of drug-likeness (QED) is 0.785. The minimum Gasteiger partial charge on any atom is -0.338 e. The fraction of sp³-hybridized carbons (Fsp3) is 0.300. The molecule has 2 N–H and O–H groups in total. The summed E-state index contributed by atoms with van der Waals surface area (Å²) in [4.78, 5) is 17.9. The van der Waals surface area contributed by atoms with E-state index in [0.29, 0.717) is 5.39 Å². The van der Waals surface area contributed by atoms with E-state index in [1.54, 1.807) is 4.57 Å². The molecule has 4 nitrogen and oxygen atoms in total. The van der Waals surface area contributed by atoms with Crippen molar-refractivity contribution in [1.29, 1.82) is 0 Å². The number of fused-ring (bicyclic) bond motifs is 1. The van der Waals surface area contributed by atoms with E-state index in [-0.39, 0.29) is 11.6 Å². The highest BCUT2D eigenvalue weighted by Crippen LogP contribution is 2.17. The normalized spacial score (nSPS) is 12.5. The van der Waals surface area contributed by atoms with Gasteiger partial charge in [0, 0.05) is 0 Å². The molecule has 0 aliphatic heterocycles. The van der Waals surface area contributed by atoms with Crippen LogP contribution in [0.3, 0.4) is 0 Å². The second-order valence-electron chi connectivity index (χ2n) is 6.08. The average molecular weight is 322 g/mol. The third-order valence-electron chi connectivity index (χ3n) is 4.40. The predicted molar refractivity (Wildman–Crippen MR) is 97.6 cm³/mol.